The molecule has 1 aromatic heterocycles. The van der Waals surface area contributed by atoms with Gasteiger partial charge in [-0.3, -0.25) is 4.98 Å². The van der Waals surface area contributed by atoms with Crippen molar-refractivity contribution in [2.45, 2.75) is 19.3 Å². The van der Waals surface area contributed by atoms with Crippen molar-refractivity contribution in [3.8, 4) is 11.1 Å². The molecule has 0 saturated carbocycles. The van der Waals surface area contributed by atoms with E-state index in [1.807, 2.05) is 12.1 Å². The van der Waals surface area contributed by atoms with Crippen LogP contribution in [0.25, 0.3) is 11.1 Å². The minimum absolute atomic E-state index is 0.215. The lowest BCUT2D eigenvalue weighted by molar-refractivity contribution is 0.628. The summed E-state index contributed by atoms with van der Waals surface area (Å²) in [4.78, 5) is 4.41. The maximum Gasteiger partial charge on any atom is 0.123 e. The molecule has 0 fully saturated rings. The van der Waals surface area contributed by atoms with E-state index in [1.54, 1.807) is 18.3 Å². The van der Waals surface area contributed by atoms with Crippen molar-refractivity contribution < 1.29 is 4.39 Å². The fourth-order valence-corrected chi connectivity index (χ4v) is 1.97. The van der Waals surface area contributed by atoms with Crippen LogP contribution in [0.2, 0.25) is 0 Å². The molecule has 94 valence electrons. The molecule has 2 nitrogen and oxygen atoms in total. The normalized spacial score (nSPS) is 10.6. The van der Waals surface area contributed by atoms with E-state index in [1.165, 1.54) is 12.1 Å². The number of unbranched alkanes of at least 4 members (excludes halogenated alkanes) is 1. The van der Waals surface area contributed by atoms with Crippen LogP contribution in [-0.4, -0.2) is 11.5 Å². The number of hydrogen-bond acceptors (Lipinski definition) is 2. The third-order valence-corrected chi connectivity index (χ3v) is 2.91. The Hall–Kier alpha value is -1.74. The molecular weight excluding hydrogens is 227 g/mol. The van der Waals surface area contributed by atoms with Gasteiger partial charge in [0.05, 0.1) is 0 Å². The molecule has 0 radical (unpaired) electrons. The maximum atomic E-state index is 12.9. The number of aromatic nitrogens is 1. The number of aryl methyl sites for hydroxylation is 1. The third kappa shape index (κ3) is 3.14. The van der Waals surface area contributed by atoms with E-state index in [2.05, 4.69) is 4.98 Å². The Bertz CT molecular complexity index is 494. The molecule has 0 aliphatic heterocycles. The molecular formula is C15H17FN2. The second-order valence-corrected chi connectivity index (χ2v) is 4.25. The van der Waals surface area contributed by atoms with E-state index in [4.69, 9.17) is 5.73 Å². The number of hydrogen-bond donors (Lipinski definition) is 1. The van der Waals surface area contributed by atoms with Gasteiger partial charge in [0.1, 0.15) is 5.82 Å². The van der Waals surface area contributed by atoms with Crippen molar-refractivity contribution in [1.82, 2.24) is 4.98 Å². The second kappa shape index (κ2) is 6.26. The van der Waals surface area contributed by atoms with Gasteiger partial charge >= 0.3 is 0 Å². The molecule has 0 amide bonds. The van der Waals surface area contributed by atoms with Crippen LogP contribution in [0.15, 0.2) is 42.6 Å². The van der Waals surface area contributed by atoms with Crippen LogP contribution < -0.4 is 5.73 Å². The zero-order chi connectivity index (χ0) is 12.8. The van der Waals surface area contributed by atoms with Crippen molar-refractivity contribution >= 4 is 0 Å². The highest BCUT2D eigenvalue weighted by Gasteiger charge is 2.05. The summed E-state index contributed by atoms with van der Waals surface area (Å²) in [5.74, 6) is -0.215. The number of pyridine rings is 1. The van der Waals surface area contributed by atoms with Gasteiger partial charge in [-0.15, -0.1) is 0 Å². The molecule has 0 atom stereocenters. The van der Waals surface area contributed by atoms with E-state index < -0.39 is 0 Å². The molecule has 18 heavy (non-hydrogen) atoms. The molecule has 0 aliphatic rings. The van der Waals surface area contributed by atoms with Crippen molar-refractivity contribution in [2.24, 2.45) is 5.73 Å². The largest absolute Gasteiger partial charge is 0.330 e. The Labute approximate surface area is 107 Å². The first-order chi connectivity index (χ1) is 8.81. The van der Waals surface area contributed by atoms with E-state index in [0.29, 0.717) is 6.54 Å². The van der Waals surface area contributed by atoms with Crippen LogP contribution in [-0.2, 0) is 6.42 Å². The first kappa shape index (κ1) is 12.7. The van der Waals surface area contributed by atoms with E-state index in [-0.39, 0.29) is 5.82 Å². The number of nitrogens with zero attached hydrogens (tertiary/aromatic N) is 1. The third-order valence-electron chi connectivity index (χ3n) is 2.91. The lowest BCUT2D eigenvalue weighted by Gasteiger charge is -2.08. The average Bonchev–Trinajstić information content (AvgIpc) is 2.41. The van der Waals surface area contributed by atoms with Crippen LogP contribution in [0.4, 0.5) is 4.39 Å². The van der Waals surface area contributed by atoms with Gasteiger partial charge in [-0.05, 0) is 49.6 Å². The van der Waals surface area contributed by atoms with Crippen LogP contribution in [0, 0.1) is 5.82 Å². The molecule has 0 saturated heterocycles. The summed E-state index contributed by atoms with van der Waals surface area (Å²) in [6, 6.07) is 10.5. The highest BCUT2D eigenvalue weighted by molar-refractivity contribution is 5.65. The van der Waals surface area contributed by atoms with Crippen LogP contribution in [0.1, 0.15) is 18.5 Å². The Kier molecular flexibility index (Phi) is 4.42. The minimum Gasteiger partial charge on any atom is -0.330 e. The zero-order valence-corrected chi connectivity index (χ0v) is 10.3. The molecule has 0 spiro atoms. The molecule has 0 unspecified atom stereocenters. The fraction of sp³-hybridized carbons (Fsp3) is 0.267. The number of nitrogens with two attached hydrogens (primary N) is 1. The van der Waals surface area contributed by atoms with Gasteiger partial charge in [0.15, 0.2) is 0 Å². The van der Waals surface area contributed by atoms with Gasteiger partial charge in [0.2, 0.25) is 0 Å². The molecule has 3 heteroatoms. The average molecular weight is 244 g/mol. The SMILES string of the molecule is NCCCCc1ncccc1-c1ccc(F)cc1. The predicted octanol–water partition coefficient (Wildman–Crippen LogP) is 3.17. The monoisotopic (exact) mass is 244 g/mol. The summed E-state index contributed by atoms with van der Waals surface area (Å²) in [5.41, 5.74) is 8.63. The van der Waals surface area contributed by atoms with Crippen molar-refractivity contribution in [3.63, 3.8) is 0 Å². The fourth-order valence-electron chi connectivity index (χ4n) is 1.97. The van der Waals surface area contributed by atoms with Crippen LogP contribution >= 0.6 is 0 Å². The van der Waals surface area contributed by atoms with E-state index >= 15 is 0 Å². The van der Waals surface area contributed by atoms with Gasteiger partial charge in [-0.2, -0.15) is 0 Å². The predicted molar refractivity (Wildman–Crippen MR) is 71.6 cm³/mol. The Balaban J connectivity index is 2.23. The van der Waals surface area contributed by atoms with Crippen LogP contribution in [0.5, 0.6) is 0 Å². The molecule has 1 heterocycles. The summed E-state index contributed by atoms with van der Waals surface area (Å²) < 4.78 is 12.9. The summed E-state index contributed by atoms with van der Waals surface area (Å²) in [6.45, 7) is 0.707. The molecule has 2 rings (SSSR count). The Morgan fingerprint density at radius 1 is 1.06 bits per heavy atom. The Morgan fingerprint density at radius 2 is 1.83 bits per heavy atom. The van der Waals surface area contributed by atoms with Gasteiger partial charge in [0.25, 0.3) is 0 Å². The topological polar surface area (TPSA) is 38.9 Å². The van der Waals surface area contributed by atoms with Gasteiger partial charge in [-0.1, -0.05) is 18.2 Å². The van der Waals surface area contributed by atoms with Crippen LogP contribution in [0.3, 0.4) is 0 Å². The molecule has 1 aromatic carbocycles. The molecule has 2 N–H and O–H groups in total. The quantitative estimate of drug-likeness (QED) is 0.820. The number of halogens is 1. The van der Waals surface area contributed by atoms with E-state index in [0.717, 1.165) is 36.1 Å². The highest BCUT2D eigenvalue weighted by Crippen LogP contribution is 2.23. The molecule has 0 bridgehead atoms. The van der Waals surface area contributed by atoms with Gasteiger partial charge in [0, 0.05) is 17.5 Å². The number of rotatable bonds is 5. The summed E-state index contributed by atoms with van der Waals surface area (Å²) in [7, 11) is 0. The maximum absolute atomic E-state index is 12.9. The zero-order valence-electron chi connectivity index (χ0n) is 10.3. The lowest BCUT2D eigenvalue weighted by Crippen LogP contribution is -2.00. The number of benzene rings is 1. The van der Waals surface area contributed by atoms with Gasteiger partial charge < -0.3 is 5.73 Å². The standard InChI is InChI=1S/C15H17FN2/c16-13-8-6-12(7-9-13)14-4-3-11-18-15(14)5-1-2-10-17/h3-4,6-9,11H,1-2,5,10,17H2. The lowest BCUT2D eigenvalue weighted by atomic mass is 10.0. The first-order valence-electron chi connectivity index (χ1n) is 6.21. The van der Waals surface area contributed by atoms with Crippen molar-refractivity contribution in [3.05, 3.63) is 54.1 Å². The Morgan fingerprint density at radius 3 is 2.56 bits per heavy atom. The molecule has 2 aromatic rings. The summed E-state index contributed by atoms with van der Waals surface area (Å²) in [5, 5.41) is 0. The summed E-state index contributed by atoms with van der Waals surface area (Å²) >= 11 is 0. The van der Waals surface area contributed by atoms with Crippen molar-refractivity contribution in [2.75, 3.05) is 6.54 Å². The second-order valence-electron chi connectivity index (χ2n) is 4.25. The first-order valence-corrected chi connectivity index (χ1v) is 6.21. The molecule has 0 aliphatic carbocycles. The minimum atomic E-state index is -0.215. The van der Waals surface area contributed by atoms with Gasteiger partial charge in [-0.25, -0.2) is 4.39 Å². The summed E-state index contributed by atoms with van der Waals surface area (Å²) in [6.07, 6.45) is 4.73. The smallest absolute Gasteiger partial charge is 0.123 e. The highest BCUT2D eigenvalue weighted by atomic mass is 19.1. The van der Waals surface area contributed by atoms with E-state index in [9.17, 15) is 4.39 Å². The van der Waals surface area contributed by atoms with Crippen molar-refractivity contribution in [1.29, 1.82) is 0 Å².